The molecule has 1 N–H and O–H groups in total. The number of rotatable bonds is 8. The molecular weight excluding hydrogens is 454 g/mol. The van der Waals surface area contributed by atoms with Gasteiger partial charge in [0.2, 0.25) is 5.82 Å². The van der Waals surface area contributed by atoms with Crippen LogP contribution in [-0.4, -0.2) is 35.2 Å². The van der Waals surface area contributed by atoms with Crippen LogP contribution in [0, 0.1) is 11.8 Å². The van der Waals surface area contributed by atoms with Crippen molar-refractivity contribution >= 4 is 16.9 Å². The SMILES string of the molecule is O=C(NC1(c2ccc(-c3cncn(CC4CC4)c3=O)cc2)CC1)c1ncc2cnn(CC3CC3)c2n1. The summed E-state index contributed by atoms with van der Waals surface area (Å²) >= 11 is 0. The van der Waals surface area contributed by atoms with Crippen molar-refractivity contribution in [1.82, 2.24) is 34.6 Å². The summed E-state index contributed by atoms with van der Waals surface area (Å²) < 4.78 is 3.60. The van der Waals surface area contributed by atoms with E-state index in [1.807, 2.05) is 28.9 Å². The molecular formula is C27H27N7O2. The van der Waals surface area contributed by atoms with Crippen molar-refractivity contribution < 1.29 is 4.79 Å². The summed E-state index contributed by atoms with van der Waals surface area (Å²) in [5.41, 5.74) is 2.72. The van der Waals surface area contributed by atoms with Gasteiger partial charge in [-0.25, -0.2) is 19.6 Å². The zero-order valence-corrected chi connectivity index (χ0v) is 19.9. The monoisotopic (exact) mass is 481 g/mol. The zero-order valence-electron chi connectivity index (χ0n) is 19.9. The summed E-state index contributed by atoms with van der Waals surface area (Å²) in [6.07, 6.45) is 13.2. The summed E-state index contributed by atoms with van der Waals surface area (Å²) in [6.45, 7) is 1.57. The topological polar surface area (TPSA) is 108 Å². The van der Waals surface area contributed by atoms with E-state index in [-0.39, 0.29) is 17.3 Å². The van der Waals surface area contributed by atoms with Gasteiger partial charge in [0, 0.05) is 25.5 Å². The third kappa shape index (κ3) is 3.98. The predicted molar refractivity (Wildman–Crippen MR) is 133 cm³/mol. The van der Waals surface area contributed by atoms with Gasteiger partial charge in [-0.05, 0) is 61.5 Å². The maximum absolute atomic E-state index is 13.1. The molecule has 0 atom stereocenters. The molecule has 9 nitrogen and oxygen atoms in total. The average molecular weight is 482 g/mol. The molecule has 1 amide bonds. The number of nitrogens with one attached hydrogen (secondary N) is 1. The fraction of sp³-hybridized carbons (Fsp3) is 0.407. The molecule has 3 aliphatic rings. The van der Waals surface area contributed by atoms with Crippen LogP contribution in [0.3, 0.4) is 0 Å². The van der Waals surface area contributed by atoms with E-state index in [9.17, 15) is 9.59 Å². The van der Waals surface area contributed by atoms with Gasteiger partial charge in [-0.3, -0.25) is 14.2 Å². The van der Waals surface area contributed by atoms with Gasteiger partial charge in [0.15, 0.2) is 5.65 Å². The fourth-order valence-corrected chi connectivity index (χ4v) is 4.86. The van der Waals surface area contributed by atoms with Gasteiger partial charge in [0.25, 0.3) is 11.5 Å². The third-order valence-corrected chi connectivity index (χ3v) is 7.61. The molecule has 0 saturated heterocycles. The number of fused-ring (bicyclic) bond motifs is 1. The van der Waals surface area contributed by atoms with Gasteiger partial charge in [-0.1, -0.05) is 24.3 Å². The van der Waals surface area contributed by atoms with Crippen LogP contribution in [-0.2, 0) is 18.6 Å². The van der Waals surface area contributed by atoms with Gasteiger partial charge < -0.3 is 5.32 Å². The Morgan fingerprint density at radius 3 is 2.47 bits per heavy atom. The molecule has 3 aliphatic carbocycles. The van der Waals surface area contributed by atoms with Gasteiger partial charge in [0.05, 0.1) is 29.0 Å². The molecule has 0 bridgehead atoms. The number of hydrogen-bond acceptors (Lipinski definition) is 6. The van der Waals surface area contributed by atoms with Crippen molar-refractivity contribution in [3.63, 3.8) is 0 Å². The smallest absolute Gasteiger partial charge is 0.289 e. The predicted octanol–water partition coefficient (Wildman–Crippen LogP) is 3.29. The van der Waals surface area contributed by atoms with Crippen LogP contribution in [0.4, 0.5) is 0 Å². The van der Waals surface area contributed by atoms with E-state index in [4.69, 9.17) is 0 Å². The van der Waals surface area contributed by atoms with Crippen LogP contribution in [0.15, 0.2) is 54.0 Å². The molecule has 3 fully saturated rings. The highest BCUT2D eigenvalue weighted by atomic mass is 16.2. The first-order valence-electron chi connectivity index (χ1n) is 12.7. The maximum Gasteiger partial charge on any atom is 0.289 e. The Labute approximate surface area is 207 Å². The highest BCUT2D eigenvalue weighted by molar-refractivity contribution is 5.93. The summed E-state index contributed by atoms with van der Waals surface area (Å²) in [4.78, 5) is 39.2. The Hall–Kier alpha value is -3.88. The summed E-state index contributed by atoms with van der Waals surface area (Å²) in [6, 6.07) is 7.88. The summed E-state index contributed by atoms with van der Waals surface area (Å²) in [7, 11) is 0. The molecule has 1 aromatic carbocycles. The number of hydrogen-bond donors (Lipinski definition) is 1. The van der Waals surface area contributed by atoms with E-state index >= 15 is 0 Å². The Morgan fingerprint density at radius 1 is 1.00 bits per heavy atom. The zero-order chi connectivity index (χ0) is 24.3. The van der Waals surface area contributed by atoms with Gasteiger partial charge in [-0.2, -0.15) is 5.10 Å². The molecule has 0 aliphatic heterocycles. The minimum absolute atomic E-state index is 0.00689. The molecule has 7 rings (SSSR count). The Kier molecular flexibility index (Phi) is 4.80. The molecule has 0 unspecified atom stereocenters. The fourth-order valence-electron chi connectivity index (χ4n) is 4.86. The largest absolute Gasteiger partial charge is 0.340 e. The Balaban J connectivity index is 1.10. The van der Waals surface area contributed by atoms with E-state index in [1.165, 1.54) is 25.7 Å². The first kappa shape index (κ1) is 21.4. The molecule has 3 heterocycles. The maximum atomic E-state index is 13.1. The second-order valence-corrected chi connectivity index (χ2v) is 10.6. The molecule has 3 aromatic heterocycles. The van der Waals surface area contributed by atoms with Crippen LogP contribution in [0.5, 0.6) is 0 Å². The minimum Gasteiger partial charge on any atom is -0.340 e. The Morgan fingerprint density at radius 2 is 1.75 bits per heavy atom. The van der Waals surface area contributed by atoms with E-state index in [2.05, 4.69) is 25.4 Å². The molecule has 36 heavy (non-hydrogen) atoms. The standard InChI is InChI=1S/C27H27N7O2/c35-25(23-29-11-20-12-30-34(24(20)31-23)15-18-3-4-18)32-27(9-10-27)21-7-5-19(6-8-21)22-13-28-16-33(26(22)36)14-17-1-2-17/h5-8,11-13,16-18H,1-4,9-10,14-15H2,(H,32,35). The number of benzene rings is 1. The summed E-state index contributed by atoms with van der Waals surface area (Å²) in [5.74, 6) is 1.14. The van der Waals surface area contributed by atoms with E-state index in [1.54, 1.807) is 29.5 Å². The Bertz CT molecular complexity index is 1530. The second kappa shape index (κ2) is 8.08. The number of carbonyl (C=O) groups is 1. The molecule has 182 valence electrons. The van der Waals surface area contributed by atoms with Gasteiger partial charge in [-0.15, -0.1) is 0 Å². The minimum atomic E-state index is -0.427. The van der Waals surface area contributed by atoms with Crippen LogP contribution in [0.1, 0.15) is 54.7 Å². The van der Waals surface area contributed by atoms with E-state index in [0.29, 0.717) is 23.0 Å². The van der Waals surface area contributed by atoms with Crippen molar-refractivity contribution in [1.29, 1.82) is 0 Å². The van der Waals surface area contributed by atoms with Gasteiger partial charge >= 0.3 is 0 Å². The van der Waals surface area contributed by atoms with Crippen molar-refractivity contribution in [2.45, 2.75) is 57.2 Å². The number of amides is 1. The highest BCUT2D eigenvalue weighted by Crippen LogP contribution is 2.46. The lowest BCUT2D eigenvalue weighted by molar-refractivity contribution is 0.0920. The van der Waals surface area contributed by atoms with Crippen LogP contribution < -0.4 is 10.9 Å². The summed E-state index contributed by atoms with van der Waals surface area (Å²) in [5, 5.41) is 8.44. The number of nitrogens with zero attached hydrogens (tertiary/aromatic N) is 6. The lowest BCUT2D eigenvalue weighted by Crippen LogP contribution is -2.36. The van der Waals surface area contributed by atoms with Crippen molar-refractivity contribution in [2.24, 2.45) is 11.8 Å². The lowest BCUT2D eigenvalue weighted by atomic mass is 10.0. The lowest BCUT2D eigenvalue weighted by Gasteiger charge is -2.18. The quantitative estimate of drug-likeness (QED) is 0.414. The van der Waals surface area contributed by atoms with Crippen LogP contribution >= 0.6 is 0 Å². The van der Waals surface area contributed by atoms with Gasteiger partial charge in [0.1, 0.15) is 0 Å². The van der Waals surface area contributed by atoms with E-state index in [0.717, 1.165) is 42.4 Å². The van der Waals surface area contributed by atoms with Crippen molar-refractivity contribution in [2.75, 3.05) is 0 Å². The highest BCUT2D eigenvalue weighted by Gasteiger charge is 2.46. The first-order chi connectivity index (χ1) is 17.6. The molecule has 4 aromatic rings. The molecule has 0 spiro atoms. The van der Waals surface area contributed by atoms with Crippen molar-refractivity contribution in [3.8, 4) is 11.1 Å². The van der Waals surface area contributed by atoms with E-state index < -0.39 is 5.54 Å². The molecule has 0 radical (unpaired) electrons. The second-order valence-electron chi connectivity index (χ2n) is 10.6. The number of aromatic nitrogens is 6. The first-order valence-corrected chi connectivity index (χ1v) is 12.7. The van der Waals surface area contributed by atoms with Crippen molar-refractivity contribution in [3.05, 3.63) is 70.9 Å². The third-order valence-electron chi connectivity index (χ3n) is 7.61. The van der Waals surface area contributed by atoms with Crippen LogP contribution in [0.2, 0.25) is 0 Å². The molecule has 9 heteroatoms. The average Bonchev–Trinajstić information content (AvgIpc) is 3.77. The van der Waals surface area contributed by atoms with Crippen LogP contribution in [0.25, 0.3) is 22.2 Å². The number of carbonyl (C=O) groups excluding carboxylic acids is 1. The molecule has 3 saturated carbocycles. The normalized spacial score (nSPS) is 18.3.